The lowest BCUT2D eigenvalue weighted by Crippen LogP contribution is -2.09. The standard InChI is InChI=1S/C13H16ClFN2S/c1-8(2)5-10-7-16-13(18-10)17-9-3-4-12(15)11(14)6-9/h3-4,6,8,10H,5,7H2,1-2H3,(H,16,17). The van der Waals surface area contributed by atoms with E-state index in [1.54, 1.807) is 23.9 Å². The summed E-state index contributed by atoms with van der Waals surface area (Å²) in [6, 6.07) is 4.60. The van der Waals surface area contributed by atoms with Crippen molar-refractivity contribution in [3.63, 3.8) is 0 Å². The van der Waals surface area contributed by atoms with Gasteiger partial charge in [0, 0.05) is 10.9 Å². The molecule has 1 aromatic carbocycles. The lowest BCUT2D eigenvalue weighted by Gasteiger charge is -2.11. The van der Waals surface area contributed by atoms with E-state index in [-0.39, 0.29) is 5.02 Å². The molecular formula is C13H16ClFN2S. The first-order chi connectivity index (χ1) is 8.54. The number of halogens is 2. The predicted octanol–water partition coefficient (Wildman–Crippen LogP) is 4.41. The Labute approximate surface area is 116 Å². The maximum absolute atomic E-state index is 13.0. The van der Waals surface area contributed by atoms with E-state index in [4.69, 9.17) is 11.6 Å². The quantitative estimate of drug-likeness (QED) is 0.890. The number of rotatable bonds is 3. The molecule has 1 N–H and O–H groups in total. The largest absolute Gasteiger partial charge is 0.335 e. The second-order valence-electron chi connectivity index (χ2n) is 4.77. The average molecular weight is 287 g/mol. The van der Waals surface area contributed by atoms with Gasteiger partial charge in [0.1, 0.15) is 5.82 Å². The fourth-order valence-corrected chi connectivity index (χ4v) is 3.28. The molecule has 1 heterocycles. The van der Waals surface area contributed by atoms with Crippen molar-refractivity contribution in [3.05, 3.63) is 29.0 Å². The first-order valence-electron chi connectivity index (χ1n) is 5.98. The smallest absolute Gasteiger partial charge is 0.161 e. The summed E-state index contributed by atoms with van der Waals surface area (Å²) in [5, 5.41) is 4.74. The number of amidine groups is 1. The van der Waals surface area contributed by atoms with Gasteiger partial charge in [0.2, 0.25) is 0 Å². The van der Waals surface area contributed by atoms with Gasteiger partial charge in [-0.3, -0.25) is 4.99 Å². The first-order valence-corrected chi connectivity index (χ1v) is 7.23. The molecule has 98 valence electrons. The van der Waals surface area contributed by atoms with Crippen LogP contribution in [0.25, 0.3) is 0 Å². The molecule has 0 saturated heterocycles. The minimum atomic E-state index is -0.402. The number of hydrogen-bond donors (Lipinski definition) is 1. The Morgan fingerprint density at radius 1 is 1.56 bits per heavy atom. The van der Waals surface area contributed by atoms with Crippen molar-refractivity contribution < 1.29 is 4.39 Å². The molecule has 5 heteroatoms. The Kier molecular flexibility index (Phi) is 4.51. The summed E-state index contributed by atoms with van der Waals surface area (Å²) in [6.45, 7) is 5.28. The number of hydrogen-bond acceptors (Lipinski definition) is 3. The summed E-state index contributed by atoms with van der Waals surface area (Å²) < 4.78 is 13.0. The lowest BCUT2D eigenvalue weighted by molar-refractivity contribution is 0.575. The normalized spacial score (nSPS) is 19.2. The lowest BCUT2D eigenvalue weighted by atomic mass is 10.1. The second-order valence-corrected chi connectivity index (χ2v) is 6.47. The SMILES string of the molecule is CC(C)CC1CN=C(Nc2ccc(F)c(Cl)c2)S1. The molecule has 2 nitrogen and oxygen atoms in total. The molecule has 0 saturated carbocycles. The van der Waals surface area contributed by atoms with Gasteiger partial charge in [0.25, 0.3) is 0 Å². The van der Waals surface area contributed by atoms with Gasteiger partial charge in [0.15, 0.2) is 5.17 Å². The summed E-state index contributed by atoms with van der Waals surface area (Å²) in [7, 11) is 0. The molecule has 1 aliphatic heterocycles. The molecule has 18 heavy (non-hydrogen) atoms. The summed E-state index contributed by atoms with van der Waals surface area (Å²) in [6.07, 6.45) is 1.16. The fraction of sp³-hybridized carbons (Fsp3) is 0.462. The van der Waals surface area contributed by atoms with Gasteiger partial charge in [-0.05, 0) is 30.5 Å². The average Bonchev–Trinajstić information content (AvgIpc) is 2.70. The van der Waals surface area contributed by atoms with E-state index in [9.17, 15) is 4.39 Å². The Hall–Kier alpha value is -0.740. The van der Waals surface area contributed by atoms with Crippen molar-refractivity contribution in [1.82, 2.24) is 0 Å². The topological polar surface area (TPSA) is 24.4 Å². The Balaban J connectivity index is 1.93. The summed E-state index contributed by atoms with van der Waals surface area (Å²) in [5.41, 5.74) is 0.776. The third-order valence-electron chi connectivity index (χ3n) is 2.62. The van der Waals surface area contributed by atoms with Crippen LogP contribution in [-0.4, -0.2) is 17.0 Å². The van der Waals surface area contributed by atoms with Crippen LogP contribution in [0.15, 0.2) is 23.2 Å². The molecule has 0 bridgehead atoms. The van der Waals surface area contributed by atoms with E-state index in [0.29, 0.717) is 11.2 Å². The van der Waals surface area contributed by atoms with Gasteiger partial charge >= 0.3 is 0 Å². The van der Waals surface area contributed by atoms with Gasteiger partial charge in [-0.15, -0.1) is 0 Å². The molecule has 0 radical (unpaired) electrons. The summed E-state index contributed by atoms with van der Waals surface area (Å²) >= 11 is 7.48. The highest BCUT2D eigenvalue weighted by molar-refractivity contribution is 8.15. The zero-order chi connectivity index (χ0) is 13.1. The van der Waals surface area contributed by atoms with E-state index in [0.717, 1.165) is 23.8 Å². The number of aliphatic imine (C=N–C) groups is 1. The maximum Gasteiger partial charge on any atom is 0.161 e. The van der Waals surface area contributed by atoms with Crippen molar-refractivity contribution >= 4 is 34.2 Å². The van der Waals surface area contributed by atoms with Gasteiger partial charge in [-0.25, -0.2) is 4.39 Å². The molecule has 1 aliphatic rings. The van der Waals surface area contributed by atoms with E-state index < -0.39 is 5.82 Å². The van der Waals surface area contributed by atoms with Crippen LogP contribution in [0.3, 0.4) is 0 Å². The third kappa shape index (κ3) is 3.62. The Morgan fingerprint density at radius 2 is 2.33 bits per heavy atom. The van der Waals surface area contributed by atoms with Gasteiger partial charge in [-0.1, -0.05) is 37.2 Å². The van der Waals surface area contributed by atoms with Crippen LogP contribution >= 0.6 is 23.4 Å². The molecule has 0 spiro atoms. The summed E-state index contributed by atoms with van der Waals surface area (Å²) in [4.78, 5) is 4.45. The molecule has 0 aromatic heterocycles. The van der Waals surface area contributed by atoms with Crippen LogP contribution in [0.1, 0.15) is 20.3 Å². The first kappa shape index (κ1) is 13.7. The van der Waals surface area contributed by atoms with Crippen molar-refractivity contribution in [2.24, 2.45) is 10.9 Å². The molecule has 0 aliphatic carbocycles. The molecule has 1 unspecified atom stereocenters. The van der Waals surface area contributed by atoms with E-state index in [1.807, 2.05) is 0 Å². The number of anilines is 1. The number of nitrogens with one attached hydrogen (secondary N) is 1. The van der Waals surface area contributed by atoms with Gasteiger partial charge in [0.05, 0.1) is 11.6 Å². The zero-order valence-electron chi connectivity index (χ0n) is 10.4. The number of benzene rings is 1. The van der Waals surface area contributed by atoms with Crippen LogP contribution in [0.5, 0.6) is 0 Å². The predicted molar refractivity (Wildman–Crippen MR) is 78.2 cm³/mol. The zero-order valence-corrected chi connectivity index (χ0v) is 12.0. The van der Waals surface area contributed by atoms with Crippen molar-refractivity contribution in [2.45, 2.75) is 25.5 Å². The Morgan fingerprint density at radius 3 is 3.00 bits per heavy atom. The molecule has 0 amide bonds. The number of thioether (sulfide) groups is 1. The highest BCUT2D eigenvalue weighted by Gasteiger charge is 2.20. The van der Waals surface area contributed by atoms with Crippen LogP contribution in [0, 0.1) is 11.7 Å². The van der Waals surface area contributed by atoms with Gasteiger partial charge < -0.3 is 5.32 Å². The van der Waals surface area contributed by atoms with E-state index in [1.165, 1.54) is 6.07 Å². The van der Waals surface area contributed by atoms with Crippen LogP contribution < -0.4 is 5.32 Å². The summed E-state index contributed by atoms with van der Waals surface area (Å²) in [5.74, 6) is 0.276. The molecular weight excluding hydrogens is 271 g/mol. The monoisotopic (exact) mass is 286 g/mol. The molecule has 1 aromatic rings. The third-order valence-corrected chi connectivity index (χ3v) is 4.04. The Bertz CT molecular complexity index is 462. The highest BCUT2D eigenvalue weighted by Crippen LogP contribution is 2.28. The van der Waals surface area contributed by atoms with Crippen LogP contribution in [0.2, 0.25) is 5.02 Å². The van der Waals surface area contributed by atoms with Crippen molar-refractivity contribution in [2.75, 3.05) is 11.9 Å². The van der Waals surface area contributed by atoms with Crippen molar-refractivity contribution in [1.29, 1.82) is 0 Å². The van der Waals surface area contributed by atoms with Crippen LogP contribution in [-0.2, 0) is 0 Å². The van der Waals surface area contributed by atoms with Gasteiger partial charge in [-0.2, -0.15) is 0 Å². The maximum atomic E-state index is 13.0. The molecule has 1 atom stereocenters. The minimum Gasteiger partial charge on any atom is -0.335 e. The fourth-order valence-electron chi connectivity index (χ4n) is 1.83. The van der Waals surface area contributed by atoms with Crippen LogP contribution in [0.4, 0.5) is 10.1 Å². The molecule has 0 fully saturated rings. The van der Waals surface area contributed by atoms with E-state index in [2.05, 4.69) is 24.2 Å². The minimum absolute atomic E-state index is 0.127. The van der Waals surface area contributed by atoms with Crippen molar-refractivity contribution in [3.8, 4) is 0 Å². The molecule has 2 rings (SSSR count). The number of nitrogens with zero attached hydrogens (tertiary/aromatic N) is 1. The highest BCUT2D eigenvalue weighted by atomic mass is 35.5. The van der Waals surface area contributed by atoms with E-state index >= 15 is 0 Å². The second kappa shape index (κ2) is 5.93.